The monoisotopic (exact) mass is 667 g/mol. The molecule has 0 saturated carbocycles. The van der Waals surface area contributed by atoms with Gasteiger partial charge in [-0.2, -0.15) is 0 Å². The van der Waals surface area contributed by atoms with E-state index in [2.05, 4.69) is 88.4 Å². The molecule has 0 saturated heterocycles. The van der Waals surface area contributed by atoms with Crippen LogP contribution in [0.25, 0.3) is 0 Å². The maximum atomic E-state index is 12.4. The van der Waals surface area contributed by atoms with Gasteiger partial charge in [-0.05, 0) is 74.3 Å². The Morgan fingerprint density at radius 2 is 0.896 bits per heavy atom. The lowest BCUT2D eigenvalue weighted by Crippen LogP contribution is -2.28. The molecule has 8 nitrogen and oxygen atoms in total. The number of aryl methyl sites for hydroxylation is 2. The largest absolute Gasteiger partial charge is 0.507 e. The quantitative estimate of drug-likeness (QED) is 0.147. The van der Waals surface area contributed by atoms with Crippen LogP contribution in [0.15, 0.2) is 24.3 Å². The smallest absolute Gasteiger partial charge is 0.306 e. The van der Waals surface area contributed by atoms with Crippen LogP contribution in [-0.4, -0.2) is 47.8 Å². The third-order valence-corrected chi connectivity index (χ3v) is 8.31. The van der Waals surface area contributed by atoms with Crippen LogP contribution in [-0.2, 0) is 58.4 Å². The second-order valence-electron chi connectivity index (χ2n) is 17.0. The molecule has 0 atom stereocenters. The van der Waals surface area contributed by atoms with Crippen molar-refractivity contribution in [1.82, 2.24) is 5.32 Å². The van der Waals surface area contributed by atoms with E-state index in [1.54, 1.807) is 0 Å². The van der Waals surface area contributed by atoms with Crippen molar-refractivity contribution in [1.29, 1.82) is 0 Å². The van der Waals surface area contributed by atoms with Crippen LogP contribution < -0.4 is 5.32 Å². The highest BCUT2D eigenvalue weighted by Crippen LogP contribution is 2.41. The molecule has 48 heavy (non-hydrogen) atoms. The van der Waals surface area contributed by atoms with E-state index in [0.29, 0.717) is 30.8 Å². The van der Waals surface area contributed by atoms with Crippen LogP contribution in [0.1, 0.15) is 142 Å². The highest BCUT2D eigenvalue weighted by Gasteiger charge is 2.28. The normalized spacial score (nSPS) is 12.5. The Morgan fingerprint density at radius 1 is 0.562 bits per heavy atom. The summed E-state index contributed by atoms with van der Waals surface area (Å²) in [5.41, 5.74) is 4.39. The van der Waals surface area contributed by atoms with Crippen molar-refractivity contribution in [2.24, 2.45) is 0 Å². The Hall–Kier alpha value is -3.55. The maximum Gasteiger partial charge on any atom is 0.306 e. The van der Waals surface area contributed by atoms with Crippen LogP contribution in [0.5, 0.6) is 11.5 Å². The number of benzene rings is 2. The van der Waals surface area contributed by atoms with Gasteiger partial charge in [0.05, 0.1) is 13.2 Å². The Labute approximate surface area is 289 Å². The van der Waals surface area contributed by atoms with Crippen LogP contribution in [0.3, 0.4) is 0 Å². The van der Waals surface area contributed by atoms with Crippen molar-refractivity contribution in [3.63, 3.8) is 0 Å². The van der Waals surface area contributed by atoms with Gasteiger partial charge in [-0.15, -0.1) is 0 Å². The van der Waals surface area contributed by atoms with E-state index < -0.39 is 0 Å². The number of phenols is 2. The summed E-state index contributed by atoms with van der Waals surface area (Å²) in [6.07, 6.45) is 1.96. The van der Waals surface area contributed by atoms with Gasteiger partial charge in [0.25, 0.3) is 0 Å². The molecule has 268 valence electrons. The predicted molar refractivity (Wildman–Crippen MR) is 192 cm³/mol. The standard InChI is InChI=1S/C40H61NO7/c1-37(2,3)28-22-26(23-29(35(28)45)38(4,5)6)15-17-33(43)47-20-13-14-32(42)41-19-21-48-34(44)18-16-27-24-30(39(7,8)9)36(46)31(25-27)40(10,11)12/h22-25,45-46H,13-21H2,1-12H3,(H,41,42). The van der Waals surface area contributed by atoms with Crippen molar-refractivity contribution in [3.05, 3.63) is 57.6 Å². The molecule has 3 N–H and O–H groups in total. The Kier molecular flexibility index (Phi) is 13.7. The molecular formula is C40H61NO7. The molecule has 0 unspecified atom stereocenters. The summed E-state index contributed by atoms with van der Waals surface area (Å²) in [6.45, 7) is 25.1. The number of ether oxygens (including phenoxy) is 2. The average Bonchev–Trinajstić information content (AvgIpc) is 2.94. The average molecular weight is 668 g/mol. The van der Waals surface area contributed by atoms with Gasteiger partial charge in [0.2, 0.25) is 5.91 Å². The fourth-order valence-electron chi connectivity index (χ4n) is 5.46. The number of hydrogen-bond donors (Lipinski definition) is 3. The Balaban J connectivity index is 1.72. The summed E-state index contributed by atoms with van der Waals surface area (Å²) in [7, 11) is 0. The molecule has 0 radical (unpaired) electrons. The first-order chi connectivity index (χ1) is 21.9. The molecular weight excluding hydrogens is 606 g/mol. The number of aromatic hydroxyl groups is 2. The second kappa shape index (κ2) is 16.2. The van der Waals surface area contributed by atoms with Crippen molar-refractivity contribution in [2.45, 2.75) is 143 Å². The molecule has 0 aromatic heterocycles. The van der Waals surface area contributed by atoms with E-state index >= 15 is 0 Å². The zero-order valence-electron chi connectivity index (χ0n) is 31.6. The topological polar surface area (TPSA) is 122 Å². The van der Waals surface area contributed by atoms with Gasteiger partial charge < -0.3 is 25.0 Å². The first kappa shape index (κ1) is 40.6. The predicted octanol–water partition coefficient (Wildman–Crippen LogP) is 7.84. The molecule has 0 aliphatic rings. The summed E-state index contributed by atoms with van der Waals surface area (Å²) >= 11 is 0. The van der Waals surface area contributed by atoms with Crippen LogP contribution in [0.4, 0.5) is 0 Å². The molecule has 2 rings (SSSR count). The van der Waals surface area contributed by atoms with E-state index in [1.807, 2.05) is 24.3 Å². The molecule has 2 aromatic carbocycles. The number of nitrogens with one attached hydrogen (secondary N) is 1. The zero-order valence-corrected chi connectivity index (χ0v) is 31.6. The number of esters is 2. The lowest BCUT2D eigenvalue weighted by molar-refractivity contribution is -0.144. The molecule has 1 amide bonds. The van der Waals surface area contributed by atoms with Crippen molar-refractivity contribution in [2.75, 3.05) is 19.8 Å². The highest BCUT2D eigenvalue weighted by atomic mass is 16.5. The molecule has 0 fully saturated rings. The van der Waals surface area contributed by atoms with Gasteiger partial charge in [0.1, 0.15) is 18.1 Å². The van der Waals surface area contributed by atoms with Gasteiger partial charge in [-0.3, -0.25) is 14.4 Å². The summed E-state index contributed by atoms with van der Waals surface area (Å²) in [5, 5.41) is 24.6. The van der Waals surface area contributed by atoms with E-state index in [-0.39, 0.29) is 78.5 Å². The van der Waals surface area contributed by atoms with Crippen molar-refractivity contribution >= 4 is 17.8 Å². The third-order valence-electron chi connectivity index (χ3n) is 8.31. The zero-order chi connectivity index (χ0) is 36.7. The van der Waals surface area contributed by atoms with Crippen molar-refractivity contribution in [3.8, 4) is 11.5 Å². The molecule has 0 aliphatic carbocycles. The summed E-state index contributed by atoms with van der Waals surface area (Å²) < 4.78 is 10.7. The van der Waals surface area contributed by atoms with Crippen LogP contribution in [0.2, 0.25) is 0 Å². The van der Waals surface area contributed by atoms with E-state index in [9.17, 15) is 24.6 Å². The molecule has 8 heteroatoms. The minimum absolute atomic E-state index is 0.0702. The molecule has 0 bridgehead atoms. The van der Waals surface area contributed by atoms with E-state index in [1.165, 1.54) is 0 Å². The summed E-state index contributed by atoms with van der Waals surface area (Å²) in [4.78, 5) is 37.0. The summed E-state index contributed by atoms with van der Waals surface area (Å²) in [6, 6.07) is 7.88. The number of carbonyl (C=O) groups excluding carboxylic acids is 3. The van der Waals surface area contributed by atoms with Gasteiger partial charge in [-0.1, -0.05) is 107 Å². The van der Waals surface area contributed by atoms with E-state index in [0.717, 1.165) is 33.4 Å². The SMILES string of the molecule is CC(C)(C)c1cc(CCC(=O)OCCCC(=O)NCCOC(=O)CCc2cc(C(C)(C)C)c(O)c(C(C)(C)C)c2)cc(C(C)(C)C)c1O. The molecule has 0 spiro atoms. The second-order valence-corrected chi connectivity index (χ2v) is 17.0. The number of amides is 1. The summed E-state index contributed by atoms with van der Waals surface area (Å²) in [5.74, 6) is -0.265. The number of hydrogen-bond acceptors (Lipinski definition) is 7. The van der Waals surface area contributed by atoms with E-state index in [4.69, 9.17) is 9.47 Å². The molecule has 0 aliphatic heterocycles. The maximum absolute atomic E-state index is 12.4. The first-order valence-electron chi connectivity index (χ1n) is 17.2. The molecule has 0 heterocycles. The van der Waals surface area contributed by atoms with Gasteiger partial charge >= 0.3 is 11.9 Å². The lowest BCUT2D eigenvalue weighted by atomic mass is 9.78. The Bertz CT molecular complexity index is 1250. The lowest BCUT2D eigenvalue weighted by Gasteiger charge is -2.28. The van der Waals surface area contributed by atoms with Crippen LogP contribution in [0, 0.1) is 0 Å². The van der Waals surface area contributed by atoms with Gasteiger partial charge in [0.15, 0.2) is 0 Å². The highest BCUT2D eigenvalue weighted by molar-refractivity contribution is 5.76. The first-order valence-corrected chi connectivity index (χ1v) is 17.2. The number of rotatable bonds is 13. The number of carbonyl (C=O) groups is 3. The number of phenolic OH excluding ortho intramolecular Hbond substituents is 2. The minimum atomic E-state index is -0.351. The van der Waals surface area contributed by atoms with Crippen LogP contribution >= 0.6 is 0 Å². The fraction of sp³-hybridized carbons (Fsp3) is 0.625. The molecule has 2 aromatic rings. The van der Waals surface area contributed by atoms with Crippen molar-refractivity contribution < 1.29 is 34.1 Å². The van der Waals surface area contributed by atoms with Gasteiger partial charge in [-0.25, -0.2) is 0 Å². The van der Waals surface area contributed by atoms with Gasteiger partial charge in [0, 0.05) is 19.3 Å². The fourth-order valence-corrected chi connectivity index (χ4v) is 5.46. The third kappa shape index (κ3) is 12.5. The Morgan fingerprint density at radius 3 is 1.23 bits per heavy atom. The minimum Gasteiger partial charge on any atom is -0.507 e.